The van der Waals surface area contributed by atoms with Gasteiger partial charge in [0.05, 0.1) is 0 Å². The Kier molecular flexibility index (Phi) is 4.54. The van der Waals surface area contributed by atoms with Crippen LogP contribution in [0.4, 0.5) is 0 Å². The molecule has 4 aromatic rings. The van der Waals surface area contributed by atoms with Crippen molar-refractivity contribution in [3.05, 3.63) is 102 Å². The van der Waals surface area contributed by atoms with Crippen molar-refractivity contribution < 1.29 is 4.79 Å². The molecule has 4 nitrogen and oxygen atoms in total. The van der Waals surface area contributed by atoms with Gasteiger partial charge in [0.1, 0.15) is 0 Å². The maximum atomic E-state index is 12.3. The van der Waals surface area contributed by atoms with E-state index in [0.29, 0.717) is 11.1 Å². The van der Waals surface area contributed by atoms with Crippen LogP contribution in [0.1, 0.15) is 10.4 Å². The van der Waals surface area contributed by atoms with Gasteiger partial charge in [-0.05, 0) is 35.4 Å². The van der Waals surface area contributed by atoms with Gasteiger partial charge in [-0.25, -0.2) is 5.43 Å². The summed E-state index contributed by atoms with van der Waals surface area (Å²) in [6, 6.07) is 29.5. The molecule has 0 aliphatic heterocycles. The number of aromatic nitrogens is 1. The van der Waals surface area contributed by atoms with Crippen molar-refractivity contribution in [3.8, 4) is 11.1 Å². The first-order valence-corrected chi connectivity index (χ1v) is 8.77. The lowest BCUT2D eigenvalue weighted by Gasteiger charge is -2.12. The van der Waals surface area contributed by atoms with E-state index in [1.54, 1.807) is 12.1 Å². The van der Waals surface area contributed by atoms with Crippen LogP contribution in [-0.4, -0.2) is 10.5 Å². The molecule has 1 heterocycles. The Bertz CT molecular complexity index is 1160. The average Bonchev–Trinajstić information content (AvgIpc) is 2.74. The molecule has 0 unspecified atom stereocenters. The van der Waals surface area contributed by atoms with E-state index in [1.807, 2.05) is 66.2 Å². The van der Waals surface area contributed by atoms with Gasteiger partial charge in [-0.1, -0.05) is 66.7 Å². The number of hydrogen-bond acceptors (Lipinski definition) is 2. The molecule has 0 saturated carbocycles. The molecule has 0 bridgehead atoms. The van der Waals surface area contributed by atoms with Crippen molar-refractivity contribution >= 4 is 16.8 Å². The second-order valence-corrected chi connectivity index (χ2v) is 6.28. The highest BCUT2D eigenvalue weighted by atomic mass is 16.2. The molecular formula is C23H19N3O. The summed E-state index contributed by atoms with van der Waals surface area (Å²) in [5.41, 5.74) is 7.16. The fourth-order valence-corrected chi connectivity index (χ4v) is 3.15. The Labute approximate surface area is 157 Å². The smallest absolute Gasteiger partial charge is 0.271 e. The van der Waals surface area contributed by atoms with Crippen LogP contribution in [0, 0.1) is 0 Å². The minimum absolute atomic E-state index is 0.231. The molecule has 0 spiro atoms. The van der Waals surface area contributed by atoms with Crippen LogP contribution in [0.2, 0.25) is 0 Å². The Hall–Kier alpha value is -3.66. The summed E-state index contributed by atoms with van der Waals surface area (Å²) >= 11 is 0. The monoisotopic (exact) mass is 353 g/mol. The number of fused-ring (bicyclic) bond motifs is 1. The molecule has 0 fully saturated rings. The van der Waals surface area contributed by atoms with Crippen LogP contribution in [-0.2, 0) is 7.05 Å². The van der Waals surface area contributed by atoms with Crippen LogP contribution in [0.3, 0.4) is 0 Å². The number of amides is 1. The Morgan fingerprint density at radius 1 is 0.852 bits per heavy atom. The molecule has 1 N–H and O–H groups in total. The van der Waals surface area contributed by atoms with E-state index in [4.69, 9.17) is 0 Å². The largest absolute Gasteiger partial charge is 0.327 e. The minimum atomic E-state index is -0.231. The van der Waals surface area contributed by atoms with Gasteiger partial charge in [0, 0.05) is 23.5 Å². The maximum absolute atomic E-state index is 12.3. The number of hydrogen-bond donors (Lipinski definition) is 1. The molecule has 3 aromatic carbocycles. The molecule has 4 rings (SSSR count). The number of rotatable bonds is 3. The first-order chi connectivity index (χ1) is 13.2. The van der Waals surface area contributed by atoms with E-state index in [2.05, 4.69) is 34.8 Å². The van der Waals surface area contributed by atoms with E-state index in [-0.39, 0.29) is 5.91 Å². The quantitative estimate of drug-likeness (QED) is 0.554. The molecule has 0 aliphatic rings. The summed E-state index contributed by atoms with van der Waals surface area (Å²) in [6.45, 7) is 0. The lowest BCUT2D eigenvalue weighted by Crippen LogP contribution is -2.26. The SMILES string of the molecule is Cn1/c(=N/NC(=O)c2ccccc2)cc(-c2ccccc2)c2ccccc21. The molecule has 0 atom stereocenters. The molecule has 0 radical (unpaired) electrons. The standard InChI is InChI=1S/C23H19N3O/c1-26-21-15-9-8-14-19(21)20(17-10-4-2-5-11-17)16-22(26)24-25-23(27)18-12-6-3-7-13-18/h2-16H,1H3,(H,25,27)/b24-22+. The second kappa shape index (κ2) is 7.30. The normalized spacial score (nSPS) is 11.5. The Morgan fingerprint density at radius 3 is 2.22 bits per heavy atom. The molecular weight excluding hydrogens is 334 g/mol. The molecule has 0 saturated heterocycles. The highest BCUT2D eigenvalue weighted by Gasteiger charge is 2.08. The van der Waals surface area contributed by atoms with Gasteiger partial charge in [0.2, 0.25) is 0 Å². The highest BCUT2D eigenvalue weighted by molar-refractivity contribution is 5.95. The topological polar surface area (TPSA) is 46.4 Å². The van der Waals surface area contributed by atoms with Crippen molar-refractivity contribution in [2.45, 2.75) is 0 Å². The zero-order valence-electron chi connectivity index (χ0n) is 15.0. The van der Waals surface area contributed by atoms with Gasteiger partial charge in [-0.2, -0.15) is 5.10 Å². The molecule has 132 valence electrons. The number of para-hydroxylation sites is 1. The number of aryl methyl sites for hydroxylation is 1. The predicted molar refractivity (Wildman–Crippen MR) is 108 cm³/mol. The van der Waals surface area contributed by atoms with E-state index in [1.165, 1.54) is 0 Å². The lowest BCUT2D eigenvalue weighted by molar-refractivity contribution is 0.0952. The van der Waals surface area contributed by atoms with Crippen molar-refractivity contribution in [2.24, 2.45) is 12.1 Å². The van der Waals surface area contributed by atoms with Crippen LogP contribution >= 0.6 is 0 Å². The van der Waals surface area contributed by atoms with E-state index in [0.717, 1.165) is 22.0 Å². The molecule has 1 aromatic heterocycles. The third kappa shape index (κ3) is 3.37. The number of carbonyl (C=O) groups excluding carboxylic acids is 1. The summed E-state index contributed by atoms with van der Waals surface area (Å²) in [4.78, 5) is 12.3. The van der Waals surface area contributed by atoms with Gasteiger partial charge in [0.25, 0.3) is 5.91 Å². The second-order valence-electron chi connectivity index (χ2n) is 6.28. The molecule has 0 aliphatic carbocycles. The van der Waals surface area contributed by atoms with Crippen LogP contribution in [0.5, 0.6) is 0 Å². The average molecular weight is 353 g/mol. The Balaban J connectivity index is 1.84. The fraction of sp³-hybridized carbons (Fsp3) is 0.0435. The van der Waals surface area contributed by atoms with E-state index < -0.39 is 0 Å². The van der Waals surface area contributed by atoms with Crippen molar-refractivity contribution in [2.75, 3.05) is 0 Å². The number of pyridine rings is 1. The number of carbonyl (C=O) groups is 1. The van der Waals surface area contributed by atoms with Gasteiger partial charge in [-0.15, -0.1) is 0 Å². The summed E-state index contributed by atoms with van der Waals surface area (Å²) in [7, 11) is 1.95. The fourth-order valence-electron chi connectivity index (χ4n) is 3.15. The number of nitrogens with zero attached hydrogens (tertiary/aromatic N) is 2. The van der Waals surface area contributed by atoms with Crippen LogP contribution < -0.4 is 10.9 Å². The third-order valence-corrected chi connectivity index (χ3v) is 4.57. The Morgan fingerprint density at radius 2 is 1.48 bits per heavy atom. The molecule has 4 heteroatoms. The van der Waals surface area contributed by atoms with E-state index in [9.17, 15) is 4.79 Å². The number of benzene rings is 3. The first kappa shape index (κ1) is 16.8. The zero-order valence-corrected chi connectivity index (χ0v) is 15.0. The maximum Gasteiger partial charge on any atom is 0.271 e. The highest BCUT2D eigenvalue weighted by Crippen LogP contribution is 2.26. The predicted octanol–water partition coefficient (Wildman–Crippen LogP) is 4.09. The van der Waals surface area contributed by atoms with Crippen molar-refractivity contribution in [3.63, 3.8) is 0 Å². The summed E-state index contributed by atoms with van der Waals surface area (Å²) in [5.74, 6) is -0.231. The third-order valence-electron chi connectivity index (χ3n) is 4.57. The lowest BCUT2D eigenvalue weighted by atomic mass is 10.0. The summed E-state index contributed by atoms with van der Waals surface area (Å²) in [6.07, 6.45) is 0. The van der Waals surface area contributed by atoms with Gasteiger partial charge >= 0.3 is 0 Å². The minimum Gasteiger partial charge on any atom is -0.327 e. The van der Waals surface area contributed by atoms with E-state index >= 15 is 0 Å². The first-order valence-electron chi connectivity index (χ1n) is 8.77. The van der Waals surface area contributed by atoms with Gasteiger partial charge in [0.15, 0.2) is 5.49 Å². The molecule has 27 heavy (non-hydrogen) atoms. The summed E-state index contributed by atoms with van der Waals surface area (Å²) in [5, 5.41) is 5.52. The van der Waals surface area contributed by atoms with Crippen LogP contribution in [0.15, 0.2) is 96.1 Å². The summed E-state index contributed by atoms with van der Waals surface area (Å²) < 4.78 is 1.98. The van der Waals surface area contributed by atoms with Crippen molar-refractivity contribution in [1.29, 1.82) is 0 Å². The van der Waals surface area contributed by atoms with Crippen LogP contribution in [0.25, 0.3) is 22.0 Å². The zero-order chi connectivity index (χ0) is 18.6. The number of nitrogens with one attached hydrogen (secondary N) is 1. The molecule has 1 amide bonds. The van der Waals surface area contributed by atoms with Gasteiger partial charge in [-0.3, -0.25) is 4.79 Å². The van der Waals surface area contributed by atoms with Crippen molar-refractivity contribution in [1.82, 2.24) is 9.99 Å². The van der Waals surface area contributed by atoms with Gasteiger partial charge < -0.3 is 4.57 Å².